The lowest BCUT2D eigenvalue weighted by Crippen LogP contribution is -2.30. The Hall–Kier alpha value is -2.07. The second-order valence-electron chi connectivity index (χ2n) is 6.88. The fraction of sp³-hybridized carbons (Fsp3) is 0.300. The Morgan fingerprint density at radius 1 is 1.27 bits per heavy atom. The molecule has 0 saturated heterocycles. The number of para-hydroxylation sites is 2. The Kier molecular flexibility index (Phi) is 7.07. The molecule has 0 unspecified atom stereocenters. The Bertz CT molecular complexity index is 1130. The highest BCUT2D eigenvalue weighted by Gasteiger charge is 2.24. The highest BCUT2D eigenvalue weighted by molar-refractivity contribution is 7.98. The fourth-order valence-corrected chi connectivity index (χ4v) is 4.54. The maximum absolute atomic E-state index is 13.0. The van der Waals surface area contributed by atoms with E-state index in [-0.39, 0.29) is 21.5 Å². The fourth-order valence-electron chi connectivity index (χ4n) is 2.94. The molecule has 1 aromatic heterocycles. The molecule has 30 heavy (non-hydrogen) atoms. The van der Waals surface area contributed by atoms with Crippen LogP contribution in [0.4, 0.5) is 0 Å². The van der Waals surface area contributed by atoms with Crippen LogP contribution >= 0.6 is 23.4 Å². The third kappa shape index (κ3) is 4.80. The Labute approximate surface area is 185 Å². The lowest BCUT2D eigenvalue weighted by molar-refractivity contribution is 0.0934. The van der Waals surface area contributed by atoms with E-state index in [1.807, 2.05) is 30.5 Å². The number of nitrogens with one attached hydrogen (secondary N) is 2. The van der Waals surface area contributed by atoms with Crippen LogP contribution in [0.5, 0.6) is 0 Å². The van der Waals surface area contributed by atoms with Crippen molar-refractivity contribution in [3.05, 3.63) is 58.9 Å². The number of amides is 1. The van der Waals surface area contributed by atoms with E-state index in [2.05, 4.69) is 15.3 Å². The molecule has 160 valence electrons. The Balaban J connectivity index is 1.92. The average molecular weight is 467 g/mol. The lowest BCUT2D eigenvalue weighted by atomic mass is 10.1. The summed E-state index contributed by atoms with van der Waals surface area (Å²) in [4.78, 5) is 20.9. The summed E-state index contributed by atoms with van der Waals surface area (Å²) in [6, 6.07) is 11.4. The van der Waals surface area contributed by atoms with E-state index < -0.39 is 15.9 Å². The number of nitrogens with zero attached hydrogens (tertiary/aromatic N) is 2. The molecule has 0 radical (unpaired) electrons. The standard InChI is InChI=1S/C20H23ClN4O3S2/c1-25(2)30(27,28)13-8-9-15(21)14(12-13)20(26)24-18(10-11-29-3)19-22-16-6-4-5-7-17(16)23-19/h4-9,12,18H,10-11H2,1-3H3,(H,22,23)(H,24,26)/t18-/m0/s1. The number of fused-ring (bicyclic) bond motifs is 1. The predicted molar refractivity (Wildman–Crippen MR) is 122 cm³/mol. The van der Waals surface area contributed by atoms with Crippen molar-refractivity contribution in [1.82, 2.24) is 19.6 Å². The third-order valence-corrected chi connectivity index (χ3v) is 7.40. The van der Waals surface area contributed by atoms with Crippen LogP contribution in [0.1, 0.15) is 28.6 Å². The van der Waals surface area contributed by atoms with Gasteiger partial charge in [0, 0.05) is 14.1 Å². The molecule has 7 nitrogen and oxygen atoms in total. The maximum atomic E-state index is 13.0. The number of thioether (sulfide) groups is 1. The van der Waals surface area contributed by atoms with E-state index in [9.17, 15) is 13.2 Å². The third-order valence-electron chi connectivity index (χ3n) is 4.61. The molecular weight excluding hydrogens is 444 g/mol. The molecule has 10 heteroatoms. The minimum atomic E-state index is -3.69. The number of halogens is 1. The van der Waals surface area contributed by atoms with Crippen LogP contribution in [0.3, 0.4) is 0 Å². The van der Waals surface area contributed by atoms with Crippen LogP contribution in [0.2, 0.25) is 5.02 Å². The van der Waals surface area contributed by atoms with Crippen LogP contribution < -0.4 is 5.32 Å². The van der Waals surface area contributed by atoms with Gasteiger partial charge in [-0.25, -0.2) is 17.7 Å². The monoisotopic (exact) mass is 466 g/mol. The van der Waals surface area contributed by atoms with Gasteiger partial charge in [0.2, 0.25) is 10.0 Å². The molecule has 0 bridgehead atoms. The van der Waals surface area contributed by atoms with E-state index >= 15 is 0 Å². The summed E-state index contributed by atoms with van der Waals surface area (Å²) in [6.45, 7) is 0. The van der Waals surface area contributed by atoms with Crippen LogP contribution in [-0.4, -0.2) is 54.7 Å². The number of aromatic amines is 1. The Morgan fingerprint density at radius 2 is 2.00 bits per heavy atom. The minimum Gasteiger partial charge on any atom is -0.342 e. The van der Waals surface area contributed by atoms with Gasteiger partial charge in [0.15, 0.2) is 0 Å². The van der Waals surface area contributed by atoms with E-state index in [0.717, 1.165) is 21.1 Å². The summed E-state index contributed by atoms with van der Waals surface area (Å²) >= 11 is 7.88. The molecule has 3 aromatic rings. The van der Waals surface area contributed by atoms with Crippen molar-refractivity contribution in [1.29, 1.82) is 0 Å². The molecule has 0 fully saturated rings. The Morgan fingerprint density at radius 3 is 2.67 bits per heavy atom. The van der Waals surface area contributed by atoms with E-state index in [0.29, 0.717) is 12.2 Å². The molecule has 2 N–H and O–H groups in total. The number of hydrogen-bond donors (Lipinski definition) is 2. The number of carbonyl (C=O) groups excluding carboxylic acids is 1. The molecule has 2 aromatic carbocycles. The second-order valence-corrected chi connectivity index (χ2v) is 10.4. The maximum Gasteiger partial charge on any atom is 0.253 e. The number of rotatable bonds is 8. The molecule has 0 spiro atoms. The quantitative estimate of drug-likeness (QED) is 0.528. The van der Waals surface area contributed by atoms with Crippen LogP contribution in [0.25, 0.3) is 11.0 Å². The zero-order valence-corrected chi connectivity index (χ0v) is 19.2. The molecule has 0 aliphatic rings. The first-order chi connectivity index (χ1) is 14.2. The molecular formula is C20H23ClN4O3S2. The van der Waals surface area contributed by atoms with Crippen molar-refractivity contribution in [3.63, 3.8) is 0 Å². The van der Waals surface area contributed by atoms with Gasteiger partial charge in [-0.2, -0.15) is 11.8 Å². The highest BCUT2D eigenvalue weighted by atomic mass is 35.5. The van der Waals surface area contributed by atoms with Gasteiger partial charge in [-0.3, -0.25) is 4.79 Å². The summed E-state index contributed by atoms with van der Waals surface area (Å²) < 4.78 is 26.0. The van der Waals surface area contributed by atoms with Crippen LogP contribution in [-0.2, 0) is 10.0 Å². The van der Waals surface area contributed by atoms with Crippen LogP contribution in [0, 0.1) is 0 Å². The number of carbonyl (C=O) groups is 1. The topological polar surface area (TPSA) is 95.2 Å². The summed E-state index contributed by atoms with van der Waals surface area (Å²) in [7, 11) is -0.821. The number of aromatic nitrogens is 2. The van der Waals surface area contributed by atoms with Crippen molar-refractivity contribution in [2.75, 3.05) is 26.1 Å². The SMILES string of the molecule is CSCC[C@H](NC(=O)c1cc(S(=O)(=O)N(C)C)ccc1Cl)c1nc2ccccc2[nH]1. The first-order valence-corrected chi connectivity index (χ1v) is 12.4. The summed E-state index contributed by atoms with van der Waals surface area (Å²) in [5.41, 5.74) is 1.80. The average Bonchev–Trinajstić information content (AvgIpc) is 3.15. The van der Waals surface area contributed by atoms with Gasteiger partial charge in [0.1, 0.15) is 5.82 Å². The molecule has 0 saturated carbocycles. The van der Waals surface area contributed by atoms with Gasteiger partial charge in [0.05, 0.1) is 32.6 Å². The van der Waals surface area contributed by atoms with Crippen molar-refractivity contribution in [2.45, 2.75) is 17.4 Å². The van der Waals surface area contributed by atoms with Crippen molar-refractivity contribution >= 4 is 50.3 Å². The number of imidazole rings is 1. The van der Waals surface area contributed by atoms with Gasteiger partial charge < -0.3 is 10.3 Å². The molecule has 0 aliphatic carbocycles. The molecule has 1 heterocycles. The number of hydrogen-bond acceptors (Lipinski definition) is 5. The summed E-state index contributed by atoms with van der Waals surface area (Å²) in [5.74, 6) is 0.999. The van der Waals surface area contributed by atoms with Gasteiger partial charge >= 0.3 is 0 Å². The van der Waals surface area contributed by atoms with Crippen molar-refractivity contribution < 1.29 is 13.2 Å². The van der Waals surface area contributed by atoms with Crippen molar-refractivity contribution in [3.8, 4) is 0 Å². The van der Waals surface area contributed by atoms with Crippen LogP contribution in [0.15, 0.2) is 47.4 Å². The van der Waals surface area contributed by atoms with Gasteiger partial charge in [0.25, 0.3) is 5.91 Å². The zero-order chi connectivity index (χ0) is 21.9. The predicted octanol–water partition coefficient (Wildman–Crippen LogP) is 3.69. The number of H-pyrrole nitrogens is 1. The smallest absolute Gasteiger partial charge is 0.253 e. The molecule has 1 amide bonds. The number of sulfonamides is 1. The molecule has 0 aliphatic heterocycles. The van der Waals surface area contributed by atoms with Crippen molar-refractivity contribution in [2.24, 2.45) is 0 Å². The summed E-state index contributed by atoms with van der Waals surface area (Å²) in [5, 5.41) is 3.13. The van der Waals surface area contributed by atoms with E-state index in [1.165, 1.54) is 32.3 Å². The van der Waals surface area contributed by atoms with Gasteiger partial charge in [-0.1, -0.05) is 23.7 Å². The second kappa shape index (κ2) is 9.38. The molecule has 3 rings (SSSR count). The lowest BCUT2D eigenvalue weighted by Gasteiger charge is -2.18. The molecule has 1 atom stereocenters. The largest absolute Gasteiger partial charge is 0.342 e. The first-order valence-electron chi connectivity index (χ1n) is 9.20. The van der Waals surface area contributed by atoms with Gasteiger partial charge in [-0.15, -0.1) is 0 Å². The van der Waals surface area contributed by atoms with E-state index in [1.54, 1.807) is 11.8 Å². The van der Waals surface area contributed by atoms with E-state index in [4.69, 9.17) is 11.6 Å². The zero-order valence-electron chi connectivity index (χ0n) is 16.8. The summed E-state index contributed by atoms with van der Waals surface area (Å²) in [6.07, 6.45) is 2.64. The first kappa shape index (κ1) is 22.6. The number of benzene rings is 2. The highest BCUT2D eigenvalue weighted by Crippen LogP contribution is 2.25. The minimum absolute atomic E-state index is 0.00597. The normalized spacial score (nSPS) is 13.0. The van der Waals surface area contributed by atoms with Gasteiger partial charge in [-0.05, 0) is 48.8 Å².